The van der Waals surface area contributed by atoms with E-state index < -0.39 is 0 Å². The molecule has 1 aliphatic heterocycles. The van der Waals surface area contributed by atoms with Crippen LogP contribution in [-0.4, -0.2) is 47.0 Å². The van der Waals surface area contributed by atoms with E-state index in [1.807, 2.05) is 83.9 Å². The highest BCUT2D eigenvalue weighted by atomic mass is 35.5. The van der Waals surface area contributed by atoms with Crippen molar-refractivity contribution in [3.05, 3.63) is 144 Å². The Kier molecular flexibility index (Phi) is 11.4. The molecule has 0 spiro atoms. The number of amides is 2. The molecule has 5 aromatic rings. The number of carbonyl (C=O) groups excluding carboxylic acids is 2. The zero-order valence-corrected chi connectivity index (χ0v) is 26.8. The van der Waals surface area contributed by atoms with Gasteiger partial charge in [0.25, 0.3) is 5.91 Å². The number of unbranched alkanes of at least 4 members (excludes halogenated alkanes) is 1. The van der Waals surface area contributed by atoms with E-state index in [2.05, 4.69) is 63.7 Å². The molecule has 0 radical (unpaired) electrons. The van der Waals surface area contributed by atoms with Gasteiger partial charge in [0, 0.05) is 49.7 Å². The fourth-order valence-corrected chi connectivity index (χ4v) is 6.15. The van der Waals surface area contributed by atoms with Gasteiger partial charge in [-0.25, -0.2) is 0 Å². The first-order chi connectivity index (χ1) is 22.2. The number of nitrogens with zero attached hydrogens (tertiary/aromatic N) is 2. The van der Waals surface area contributed by atoms with E-state index in [1.54, 1.807) is 0 Å². The van der Waals surface area contributed by atoms with Crippen LogP contribution in [0.1, 0.15) is 40.7 Å². The number of hydrogen-bond donors (Lipinski definition) is 2. The van der Waals surface area contributed by atoms with E-state index >= 15 is 0 Å². The molecule has 1 atom stereocenters. The fourth-order valence-electron chi connectivity index (χ4n) is 6.15. The molecule has 1 saturated heterocycles. The van der Waals surface area contributed by atoms with Crippen molar-refractivity contribution in [1.82, 2.24) is 14.8 Å². The molecular formula is C39H41ClN4O2. The number of aromatic nitrogens is 1. The Hall–Kier alpha value is -4.65. The number of aryl methyl sites for hydroxylation is 1. The normalized spacial score (nSPS) is 14.3. The van der Waals surface area contributed by atoms with Gasteiger partial charge in [-0.2, -0.15) is 0 Å². The first kappa shape index (κ1) is 32.7. The lowest BCUT2D eigenvalue weighted by atomic mass is 10.0. The Bertz CT molecular complexity index is 1690. The second-order valence-electron chi connectivity index (χ2n) is 11.6. The molecule has 2 amide bonds. The highest BCUT2D eigenvalue weighted by molar-refractivity contribution is 6.01. The maximum Gasteiger partial charge on any atom is 0.256 e. The summed E-state index contributed by atoms with van der Waals surface area (Å²) < 4.78 is 2.08. The van der Waals surface area contributed by atoms with Crippen LogP contribution in [-0.2, 0) is 17.6 Å². The van der Waals surface area contributed by atoms with Crippen molar-refractivity contribution >= 4 is 29.9 Å². The minimum atomic E-state index is 0. The molecule has 2 N–H and O–H groups in total. The van der Waals surface area contributed by atoms with Crippen LogP contribution in [0.3, 0.4) is 0 Å². The first-order valence-corrected chi connectivity index (χ1v) is 15.9. The number of benzene rings is 4. The zero-order valence-electron chi connectivity index (χ0n) is 26.0. The average Bonchev–Trinajstić information content (AvgIpc) is 3.54. The van der Waals surface area contributed by atoms with Crippen LogP contribution in [0.5, 0.6) is 0 Å². The predicted octanol–water partition coefficient (Wildman–Crippen LogP) is 7.57. The van der Waals surface area contributed by atoms with Gasteiger partial charge in [-0.05, 0) is 72.7 Å². The SMILES string of the molecule is Cl.O=C(CCCCc1ccccc1)Nc1ccc(-n2ccc(C(=O)N3CCNCC3Cc3ccccc3)c2-c2ccccc2)cc1. The summed E-state index contributed by atoms with van der Waals surface area (Å²) in [7, 11) is 0. The molecule has 236 valence electrons. The summed E-state index contributed by atoms with van der Waals surface area (Å²) >= 11 is 0. The Morgan fingerprint density at radius 2 is 1.41 bits per heavy atom. The van der Waals surface area contributed by atoms with E-state index in [1.165, 1.54) is 11.1 Å². The number of rotatable bonds is 11. The van der Waals surface area contributed by atoms with Crippen molar-refractivity contribution < 1.29 is 9.59 Å². The van der Waals surface area contributed by atoms with E-state index in [9.17, 15) is 9.59 Å². The summed E-state index contributed by atoms with van der Waals surface area (Å²) in [5.74, 6) is 0.0712. The van der Waals surface area contributed by atoms with Gasteiger partial charge in [-0.15, -0.1) is 12.4 Å². The number of hydrogen-bond acceptors (Lipinski definition) is 3. The molecule has 6 rings (SSSR count). The lowest BCUT2D eigenvalue weighted by Gasteiger charge is -2.36. The molecule has 46 heavy (non-hydrogen) atoms. The van der Waals surface area contributed by atoms with Crippen LogP contribution >= 0.6 is 12.4 Å². The topological polar surface area (TPSA) is 66.4 Å². The number of anilines is 1. The summed E-state index contributed by atoms with van der Waals surface area (Å²) in [6.45, 7) is 2.21. The van der Waals surface area contributed by atoms with Crippen LogP contribution in [0.2, 0.25) is 0 Å². The van der Waals surface area contributed by atoms with Crippen LogP contribution in [0.25, 0.3) is 16.9 Å². The van der Waals surface area contributed by atoms with E-state index in [4.69, 9.17) is 0 Å². The molecule has 7 heteroatoms. The molecule has 1 aromatic heterocycles. The largest absolute Gasteiger partial charge is 0.333 e. The van der Waals surface area contributed by atoms with Crippen LogP contribution < -0.4 is 10.6 Å². The van der Waals surface area contributed by atoms with Crippen molar-refractivity contribution in [2.75, 3.05) is 25.0 Å². The Morgan fingerprint density at radius 1 is 0.761 bits per heavy atom. The third-order valence-corrected chi connectivity index (χ3v) is 8.48. The molecular weight excluding hydrogens is 592 g/mol. The van der Waals surface area contributed by atoms with Gasteiger partial charge in [-0.1, -0.05) is 91.0 Å². The van der Waals surface area contributed by atoms with Gasteiger partial charge in [0.2, 0.25) is 5.91 Å². The quantitative estimate of drug-likeness (QED) is 0.148. The second-order valence-corrected chi connectivity index (χ2v) is 11.6. The maximum atomic E-state index is 14.2. The van der Waals surface area contributed by atoms with Crippen molar-refractivity contribution in [3.63, 3.8) is 0 Å². The molecule has 1 aliphatic rings. The molecule has 0 aliphatic carbocycles. The van der Waals surface area contributed by atoms with E-state index in [-0.39, 0.29) is 30.3 Å². The van der Waals surface area contributed by atoms with Crippen molar-refractivity contribution in [3.8, 4) is 16.9 Å². The Morgan fingerprint density at radius 3 is 2.11 bits per heavy atom. The van der Waals surface area contributed by atoms with Crippen LogP contribution in [0.15, 0.2) is 128 Å². The molecule has 1 fully saturated rings. The Labute approximate surface area is 277 Å². The molecule has 2 heterocycles. The third kappa shape index (κ3) is 8.13. The number of carbonyl (C=O) groups is 2. The summed E-state index contributed by atoms with van der Waals surface area (Å²) in [5, 5.41) is 6.52. The molecule has 0 saturated carbocycles. The highest BCUT2D eigenvalue weighted by Crippen LogP contribution is 2.31. The lowest BCUT2D eigenvalue weighted by Crippen LogP contribution is -2.54. The predicted molar refractivity (Wildman–Crippen MR) is 189 cm³/mol. The molecule has 0 bridgehead atoms. The zero-order chi connectivity index (χ0) is 30.8. The highest BCUT2D eigenvalue weighted by Gasteiger charge is 2.30. The minimum absolute atomic E-state index is 0. The van der Waals surface area contributed by atoms with Gasteiger partial charge >= 0.3 is 0 Å². The molecule has 1 unspecified atom stereocenters. The number of nitrogens with one attached hydrogen (secondary N) is 2. The average molecular weight is 633 g/mol. The first-order valence-electron chi connectivity index (χ1n) is 15.9. The Balaban J connectivity index is 0.00000417. The monoisotopic (exact) mass is 632 g/mol. The number of halogens is 1. The third-order valence-electron chi connectivity index (χ3n) is 8.48. The van der Waals surface area contributed by atoms with Crippen molar-refractivity contribution in [2.24, 2.45) is 0 Å². The van der Waals surface area contributed by atoms with Gasteiger partial charge in [0.1, 0.15) is 0 Å². The van der Waals surface area contributed by atoms with Gasteiger partial charge in [0.15, 0.2) is 0 Å². The number of piperazine rings is 1. The summed E-state index contributed by atoms with van der Waals surface area (Å²) in [5.41, 5.74) is 6.76. The molecule has 4 aromatic carbocycles. The van der Waals surface area contributed by atoms with Gasteiger partial charge < -0.3 is 20.1 Å². The lowest BCUT2D eigenvalue weighted by molar-refractivity contribution is -0.116. The van der Waals surface area contributed by atoms with Gasteiger partial charge in [-0.3, -0.25) is 9.59 Å². The van der Waals surface area contributed by atoms with Crippen LogP contribution in [0, 0.1) is 0 Å². The summed E-state index contributed by atoms with van der Waals surface area (Å²) in [6, 6.07) is 40.7. The second kappa shape index (κ2) is 16.1. The summed E-state index contributed by atoms with van der Waals surface area (Å²) in [4.78, 5) is 28.9. The van der Waals surface area contributed by atoms with Crippen molar-refractivity contribution in [1.29, 1.82) is 0 Å². The van der Waals surface area contributed by atoms with E-state index in [0.29, 0.717) is 18.5 Å². The molecule has 6 nitrogen and oxygen atoms in total. The van der Waals surface area contributed by atoms with E-state index in [0.717, 1.165) is 61.4 Å². The van der Waals surface area contributed by atoms with Crippen molar-refractivity contribution in [2.45, 2.75) is 38.1 Å². The summed E-state index contributed by atoms with van der Waals surface area (Å²) in [6.07, 6.45) is 6.09. The van der Waals surface area contributed by atoms with Crippen LogP contribution in [0.4, 0.5) is 5.69 Å². The maximum absolute atomic E-state index is 14.2. The fraction of sp³-hybridized carbons (Fsp3) is 0.231. The minimum Gasteiger partial charge on any atom is -0.333 e. The standard InChI is InChI=1S/C39H40N4O2.ClH/c44-37(19-11-10-14-30-12-4-1-5-13-30)41-33-20-22-34(23-21-33)42-26-24-36(38(42)32-17-8-3-9-18-32)39(45)43-27-25-40-29-35(43)28-31-15-6-2-7-16-31;/h1-9,12-13,15-18,20-24,26,35,40H,10-11,14,19,25,27-29H2,(H,41,44);1H. The van der Waals surface area contributed by atoms with Gasteiger partial charge in [0.05, 0.1) is 11.3 Å². The smallest absolute Gasteiger partial charge is 0.256 e.